The first-order valence-electron chi connectivity index (χ1n) is 6.64. The van der Waals surface area contributed by atoms with E-state index in [0.717, 1.165) is 26.3 Å². The summed E-state index contributed by atoms with van der Waals surface area (Å²) in [6.45, 7) is 7.98. The fraction of sp³-hybridized carbons (Fsp3) is 1.00. The highest BCUT2D eigenvalue weighted by molar-refractivity contribution is 4.94. The molecule has 1 rings (SSSR count). The first-order valence-corrected chi connectivity index (χ1v) is 6.64. The van der Waals surface area contributed by atoms with Crippen LogP contribution >= 0.6 is 0 Å². The van der Waals surface area contributed by atoms with Crippen molar-refractivity contribution in [1.82, 2.24) is 5.32 Å². The summed E-state index contributed by atoms with van der Waals surface area (Å²) < 4.78 is 43.0. The van der Waals surface area contributed by atoms with Crippen LogP contribution in [0.5, 0.6) is 0 Å². The van der Waals surface area contributed by atoms with Gasteiger partial charge in [0, 0.05) is 6.04 Å². The van der Waals surface area contributed by atoms with E-state index in [1.165, 1.54) is 0 Å². The molecule has 0 radical (unpaired) electrons. The molecule has 1 saturated carbocycles. The zero-order valence-corrected chi connectivity index (χ0v) is 11.6. The Bertz CT molecular complexity index is 265. The molecular weight excluding hydrogens is 243 g/mol. The zero-order chi connectivity index (χ0) is 14.0. The molecule has 1 aliphatic carbocycles. The molecule has 1 N–H and O–H groups in total. The van der Waals surface area contributed by atoms with Crippen molar-refractivity contribution in [3.63, 3.8) is 0 Å². The second kappa shape index (κ2) is 5.78. The van der Waals surface area contributed by atoms with Gasteiger partial charge in [-0.3, -0.25) is 0 Å². The Hall–Kier alpha value is -0.290. The predicted octanol–water partition coefficient (Wildman–Crippen LogP) is 3.51. The molecule has 5 heteroatoms. The maximum Gasteiger partial charge on any atom is 0.414 e. The van der Waals surface area contributed by atoms with Crippen LogP contribution in [-0.2, 0) is 4.74 Å². The van der Waals surface area contributed by atoms with Gasteiger partial charge in [-0.05, 0) is 31.7 Å². The number of halogens is 3. The van der Waals surface area contributed by atoms with E-state index in [4.69, 9.17) is 4.74 Å². The highest BCUT2D eigenvalue weighted by Crippen LogP contribution is 2.38. The summed E-state index contributed by atoms with van der Waals surface area (Å²) in [5.41, 5.74) is -0.0236. The molecule has 0 aliphatic heterocycles. The zero-order valence-electron chi connectivity index (χ0n) is 11.6. The van der Waals surface area contributed by atoms with Gasteiger partial charge in [0.25, 0.3) is 0 Å². The fourth-order valence-electron chi connectivity index (χ4n) is 2.70. The van der Waals surface area contributed by atoms with Crippen LogP contribution in [0.15, 0.2) is 0 Å². The Balaban J connectivity index is 2.72. The molecule has 3 atom stereocenters. The lowest BCUT2D eigenvalue weighted by molar-refractivity contribution is -0.235. The van der Waals surface area contributed by atoms with Crippen molar-refractivity contribution in [3.8, 4) is 0 Å². The highest BCUT2D eigenvalue weighted by atomic mass is 19.4. The molecule has 1 fully saturated rings. The molecule has 0 amide bonds. The standard InChI is InChI=1S/C13H24F3NO/c1-5-17-11-10(7-6-8-12(11,3)4)18-9(2)13(14,15)16/h9-11,17H,5-8H2,1-4H3. The first kappa shape index (κ1) is 15.8. The summed E-state index contributed by atoms with van der Waals surface area (Å²) >= 11 is 0. The lowest BCUT2D eigenvalue weighted by Crippen LogP contribution is -2.55. The smallest absolute Gasteiger partial charge is 0.364 e. The van der Waals surface area contributed by atoms with Crippen LogP contribution < -0.4 is 5.32 Å². The normalized spacial score (nSPS) is 30.2. The molecule has 0 aromatic carbocycles. The Kier molecular flexibility index (Phi) is 5.06. The summed E-state index contributed by atoms with van der Waals surface area (Å²) in [7, 11) is 0. The largest absolute Gasteiger partial charge is 0.414 e. The molecule has 0 spiro atoms. The van der Waals surface area contributed by atoms with Gasteiger partial charge in [-0.15, -0.1) is 0 Å². The van der Waals surface area contributed by atoms with E-state index in [2.05, 4.69) is 19.2 Å². The van der Waals surface area contributed by atoms with E-state index in [1.807, 2.05) is 6.92 Å². The molecule has 108 valence electrons. The number of hydrogen-bond acceptors (Lipinski definition) is 2. The number of ether oxygens (including phenoxy) is 1. The summed E-state index contributed by atoms with van der Waals surface area (Å²) in [5.74, 6) is 0. The minimum Gasteiger partial charge on any atom is -0.364 e. The Labute approximate surface area is 107 Å². The second-order valence-electron chi connectivity index (χ2n) is 5.77. The van der Waals surface area contributed by atoms with E-state index in [9.17, 15) is 13.2 Å². The molecule has 0 aromatic heterocycles. The molecular formula is C13H24F3NO. The number of rotatable bonds is 4. The van der Waals surface area contributed by atoms with E-state index < -0.39 is 12.3 Å². The summed E-state index contributed by atoms with van der Waals surface area (Å²) in [6.07, 6.45) is -3.70. The molecule has 0 heterocycles. The van der Waals surface area contributed by atoms with Gasteiger partial charge in [0.05, 0.1) is 6.10 Å². The molecule has 1 aliphatic rings. The number of alkyl halides is 3. The van der Waals surface area contributed by atoms with Gasteiger partial charge in [-0.25, -0.2) is 0 Å². The van der Waals surface area contributed by atoms with Gasteiger partial charge in [-0.2, -0.15) is 13.2 Å². The first-order chi connectivity index (χ1) is 8.18. The van der Waals surface area contributed by atoms with E-state index in [0.29, 0.717) is 6.42 Å². The highest BCUT2D eigenvalue weighted by Gasteiger charge is 2.44. The quantitative estimate of drug-likeness (QED) is 0.841. The molecule has 18 heavy (non-hydrogen) atoms. The summed E-state index contributed by atoms with van der Waals surface area (Å²) in [5, 5.41) is 3.29. The third kappa shape index (κ3) is 3.85. The monoisotopic (exact) mass is 267 g/mol. The molecule has 3 unspecified atom stereocenters. The Morgan fingerprint density at radius 2 is 2.00 bits per heavy atom. The third-order valence-corrected chi connectivity index (χ3v) is 3.79. The Morgan fingerprint density at radius 1 is 1.39 bits per heavy atom. The fourth-order valence-corrected chi connectivity index (χ4v) is 2.70. The van der Waals surface area contributed by atoms with E-state index in [-0.39, 0.29) is 17.6 Å². The molecule has 0 aromatic rings. The van der Waals surface area contributed by atoms with Gasteiger partial charge >= 0.3 is 6.18 Å². The minimum absolute atomic E-state index is 0.0129. The average molecular weight is 267 g/mol. The summed E-state index contributed by atoms with van der Waals surface area (Å²) in [4.78, 5) is 0. The van der Waals surface area contributed by atoms with Crippen LogP contribution in [0.25, 0.3) is 0 Å². The van der Waals surface area contributed by atoms with Crippen LogP contribution in [0, 0.1) is 5.41 Å². The van der Waals surface area contributed by atoms with Crippen LogP contribution in [-0.4, -0.2) is 31.0 Å². The lowest BCUT2D eigenvalue weighted by atomic mass is 9.71. The molecule has 2 nitrogen and oxygen atoms in total. The van der Waals surface area contributed by atoms with Crippen LogP contribution in [0.4, 0.5) is 13.2 Å². The van der Waals surface area contributed by atoms with Crippen molar-refractivity contribution < 1.29 is 17.9 Å². The maximum absolute atomic E-state index is 12.6. The van der Waals surface area contributed by atoms with Gasteiger partial charge in [0.1, 0.15) is 0 Å². The lowest BCUT2D eigenvalue weighted by Gasteiger charge is -2.45. The number of likely N-dealkylation sites (N-methyl/N-ethyl adjacent to an activating group) is 1. The van der Waals surface area contributed by atoms with Crippen LogP contribution in [0.1, 0.15) is 47.0 Å². The maximum atomic E-state index is 12.6. The topological polar surface area (TPSA) is 21.3 Å². The van der Waals surface area contributed by atoms with Crippen molar-refractivity contribution >= 4 is 0 Å². The predicted molar refractivity (Wildman–Crippen MR) is 65.5 cm³/mol. The van der Waals surface area contributed by atoms with Crippen molar-refractivity contribution in [2.45, 2.75) is 71.4 Å². The average Bonchev–Trinajstić information content (AvgIpc) is 2.21. The van der Waals surface area contributed by atoms with Crippen LogP contribution in [0.2, 0.25) is 0 Å². The van der Waals surface area contributed by atoms with Crippen molar-refractivity contribution in [1.29, 1.82) is 0 Å². The molecule has 0 saturated heterocycles. The van der Waals surface area contributed by atoms with Gasteiger partial charge < -0.3 is 10.1 Å². The van der Waals surface area contributed by atoms with Gasteiger partial charge in [0.15, 0.2) is 6.10 Å². The third-order valence-electron chi connectivity index (χ3n) is 3.79. The van der Waals surface area contributed by atoms with Gasteiger partial charge in [-0.1, -0.05) is 27.2 Å². The van der Waals surface area contributed by atoms with Crippen molar-refractivity contribution in [3.05, 3.63) is 0 Å². The van der Waals surface area contributed by atoms with Crippen LogP contribution in [0.3, 0.4) is 0 Å². The SMILES string of the molecule is CCNC1C(OC(C)C(F)(F)F)CCCC1(C)C. The minimum atomic E-state index is -4.28. The Morgan fingerprint density at radius 3 is 2.50 bits per heavy atom. The number of nitrogens with one attached hydrogen (secondary N) is 1. The second-order valence-corrected chi connectivity index (χ2v) is 5.77. The summed E-state index contributed by atoms with van der Waals surface area (Å²) in [6, 6.07) is -0.0129. The van der Waals surface area contributed by atoms with Crippen molar-refractivity contribution in [2.75, 3.05) is 6.54 Å². The molecule has 0 bridgehead atoms. The van der Waals surface area contributed by atoms with Gasteiger partial charge in [0.2, 0.25) is 0 Å². The number of hydrogen-bond donors (Lipinski definition) is 1. The van der Waals surface area contributed by atoms with E-state index >= 15 is 0 Å². The van der Waals surface area contributed by atoms with E-state index in [1.54, 1.807) is 0 Å². The van der Waals surface area contributed by atoms with Crippen molar-refractivity contribution in [2.24, 2.45) is 5.41 Å².